The van der Waals surface area contributed by atoms with Crippen molar-refractivity contribution in [2.24, 2.45) is 5.10 Å². The average Bonchev–Trinajstić information content (AvgIpc) is 2.55. The van der Waals surface area contributed by atoms with E-state index in [2.05, 4.69) is 9.93 Å². The summed E-state index contributed by atoms with van der Waals surface area (Å²) < 4.78 is 29.0. The van der Waals surface area contributed by atoms with Crippen molar-refractivity contribution in [1.29, 1.82) is 0 Å². The molecule has 2 aromatic carbocycles. The van der Waals surface area contributed by atoms with Crippen LogP contribution in [0.2, 0.25) is 0 Å². The van der Waals surface area contributed by atoms with Crippen molar-refractivity contribution >= 4 is 21.9 Å². The summed E-state index contributed by atoms with van der Waals surface area (Å²) in [6.07, 6.45) is 1.25. The molecule has 0 heterocycles. The van der Waals surface area contributed by atoms with E-state index in [1.54, 1.807) is 0 Å². The molecule has 0 amide bonds. The standard InChI is InChI=1S/C14H13N3O5S/c1-22-13-6-8-14(9-7-13)23(20,21)16-15-10-11-2-4-12(5-3-11)17(18)19/h2-10,16H,1H3/b15-10+. The van der Waals surface area contributed by atoms with Gasteiger partial charge in [0.15, 0.2) is 0 Å². The molecule has 2 rings (SSSR count). The first kappa shape index (κ1) is 16.4. The number of nitrogens with one attached hydrogen (secondary N) is 1. The van der Waals surface area contributed by atoms with Gasteiger partial charge in [0, 0.05) is 12.1 Å². The first-order valence-corrected chi connectivity index (χ1v) is 7.84. The molecule has 0 aliphatic carbocycles. The van der Waals surface area contributed by atoms with Crippen molar-refractivity contribution < 1.29 is 18.1 Å². The molecule has 23 heavy (non-hydrogen) atoms. The molecule has 0 atom stereocenters. The summed E-state index contributed by atoms with van der Waals surface area (Å²) in [5.74, 6) is 0.540. The molecular weight excluding hydrogens is 322 g/mol. The molecule has 0 saturated heterocycles. The van der Waals surface area contributed by atoms with E-state index in [1.165, 1.54) is 61.9 Å². The van der Waals surface area contributed by atoms with Crippen molar-refractivity contribution in [3.05, 3.63) is 64.2 Å². The van der Waals surface area contributed by atoms with E-state index < -0.39 is 14.9 Å². The number of hydrogen-bond donors (Lipinski definition) is 1. The first-order valence-electron chi connectivity index (χ1n) is 6.36. The summed E-state index contributed by atoms with van der Waals surface area (Å²) in [6.45, 7) is 0. The van der Waals surface area contributed by atoms with E-state index in [9.17, 15) is 18.5 Å². The zero-order valence-electron chi connectivity index (χ0n) is 12.0. The maximum absolute atomic E-state index is 12.0. The molecule has 0 radical (unpaired) electrons. The molecular formula is C14H13N3O5S. The number of hydrazone groups is 1. The Morgan fingerprint density at radius 1 is 1.13 bits per heavy atom. The maximum atomic E-state index is 12.0. The van der Waals surface area contributed by atoms with Gasteiger partial charge in [0.1, 0.15) is 5.75 Å². The third kappa shape index (κ3) is 4.27. The summed E-state index contributed by atoms with van der Waals surface area (Å²) in [5.41, 5.74) is 0.467. The summed E-state index contributed by atoms with van der Waals surface area (Å²) >= 11 is 0. The largest absolute Gasteiger partial charge is 0.497 e. The topological polar surface area (TPSA) is 111 Å². The van der Waals surface area contributed by atoms with Gasteiger partial charge in [-0.25, -0.2) is 4.83 Å². The predicted molar refractivity (Wildman–Crippen MR) is 84.0 cm³/mol. The molecule has 1 N–H and O–H groups in total. The lowest BCUT2D eigenvalue weighted by atomic mass is 10.2. The molecule has 0 saturated carbocycles. The fourth-order valence-corrected chi connectivity index (χ4v) is 2.45. The van der Waals surface area contributed by atoms with E-state index in [0.29, 0.717) is 11.3 Å². The number of rotatable bonds is 6. The number of nitrogens with zero attached hydrogens (tertiary/aromatic N) is 2. The van der Waals surface area contributed by atoms with Crippen LogP contribution in [0.5, 0.6) is 5.75 Å². The Morgan fingerprint density at radius 3 is 2.26 bits per heavy atom. The van der Waals surface area contributed by atoms with E-state index in [1.807, 2.05) is 0 Å². The van der Waals surface area contributed by atoms with Crippen LogP contribution in [0.1, 0.15) is 5.56 Å². The van der Waals surface area contributed by atoms with E-state index in [-0.39, 0.29) is 10.6 Å². The normalized spacial score (nSPS) is 11.3. The molecule has 0 unspecified atom stereocenters. The Bertz CT molecular complexity index is 814. The Morgan fingerprint density at radius 2 is 1.74 bits per heavy atom. The summed E-state index contributed by atoms with van der Waals surface area (Å²) in [4.78, 5) is 12.1. The number of nitro benzene ring substituents is 1. The molecule has 9 heteroatoms. The van der Waals surface area contributed by atoms with Crippen molar-refractivity contribution in [1.82, 2.24) is 4.83 Å². The lowest BCUT2D eigenvalue weighted by Gasteiger charge is -2.04. The Balaban J connectivity index is 2.07. The van der Waals surface area contributed by atoms with Gasteiger partial charge < -0.3 is 4.74 Å². The van der Waals surface area contributed by atoms with Crippen LogP contribution >= 0.6 is 0 Å². The lowest BCUT2D eigenvalue weighted by molar-refractivity contribution is -0.384. The van der Waals surface area contributed by atoms with Crippen molar-refractivity contribution in [2.45, 2.75) is 4.90 Å². The molecule has 2 aromatic rings. The quantitative estimate of drug-likeness (QED) is 0.492. The smallest absolute Gasteiger partial charge is 0.276 e. The van der Waals surface area contributed by atoms with Gasteiger partial charge >= 0.3 is 0 Å². The third-order valence-electron chi connectivity index (χ3n) is 2.86. The highest BCUT2D eigenvalue weighted by Gasteiger charge is 2.12. The second-order valence-corrected chi connectivity index (χ2v) is 6.04. The van der Waals surface area contributed by atoms with E-state index in [4.69, 9.17) is 4.74 Å². The number of non-ortho nitro benzene ring substituents is 1. The van der Waals surface area contributed by atoms with E-state index >= 15 is 0 Å². The number of hydrogen-bond acceptors (Lipinski definition) is 6. The van der Waals surface area contributed by atoms with Gasteiger partial charge in [-0.15, -0.1) is 0 Å². The first-order chi connectivity index (χ1) is 10.9. The highest BCUT2D eigenvalue weighted by molar-refractivity contribution is 7.89. The van der Waals surface area contributed by atoms with Crippen LogP contribution in [0.3, 0.4) is 0 Å². The molecule has 0 bridgehead atoms. The van der Waals surface area contributed by atoms with Gasteiger partial charge in [0.2, 0.25) is 0 Å². The zero-order valence-corrected chi connectivity index (χ0v) is 12.9. The van der Waals surface area contributed by atoms with Crippen LogP contribution < -0.4 is 9.57 Å². The van der Waals surface area contributed by atoms with Gasteiger partial charge in [0.25, 0.3) is 15.7 Å². The Hall–Kier alpha value is -2.94. The third-order valence-corrected chi connectivity index (χ3v) is 4.10. The number of ether oxygens (including phenoxy) is 1. The van der Waals surface area contributed by atoms with Gasteiger partial charge in [-0.05, 0) is 42.0 Å². The van der Waals surface area contributed by atoms with Crippen molar-refractivity contribution in [2.75, 3.05) is 7.11 Å². The SMILES string of the molecule is COc1ccc(S(=O)(=O)N/N=C/c2ccc([N+](=O)[O-])cc2)cc1. The van der Waals surface area contributed by atoms with Crippen LogP contribution in [0.4, 0.5) is 5.69 Å². The molecule has 8 nitrogen and oxygen atoms in total. The highest BCUT2D eigenvalue weighted by atomic mass is 32.2. The Labute approximate surface area is 132 Å². The second kappa shape index (κ2) is 6.88. The van der Waals surface area contributed by atoms with Crippen LogP contribution in [0.25, 0.3) is 0 Å². The number of nitro groups is 1. The zero-order chi connectivity index (χ0) is 16.9. The molecule has 0 aliphatic heterocycles. The molecule has 0 aromatic heterocycles. The molecule has 0 spiro atoms. The maximum Gasteiger partial charge on any atom is 0.276 e. The minimum atomic E-state index is -3.79. The fourth-order valence-electron chi connectivity index (χ4n) is 1.66. The number of methoxy groups -OCH3 is 1. The van der Waals surface area contributed by atoms with Crippen LogP contribution in [0, 0.1) is 10.1 Å². The molecule has 0 aliphatic rings. The minimum Gasteiger partial charge on any atom is -0.497 e. The van der Waals surface area contributed by atoms with Gasteiger partial charge in [-0.3, -0.25) is 10.1 Å². The van der Waals surface area contributed by atoms with E-state index in [0.717, 1.165) is 0 Å². The van der Waals surface area contributed by atoms with Crippen molar-refractivity contribution in [3.63, 3.8) is 0 Å². The van der Waals surface area contributed by atoms with Gasteiger partial charge in [-0.2, -0.15) is 13.5 Å². The van der Waals surface area contributed by atoms with Gasteiger partial charge in [0.05, 0.1) is 23.1 Å². The Kier molecular flexibility index (Phi) is 4.91. The summed E-state index contributed by atoms with van der Waals surface area (Å²) in [6, 6.07) is 11.4. The number of sulfonamides is 1. The predicted octanol–water partition coefficient (Wildman–Crippen LogP) is 1.92. The molecule has 0 fully saturated rings. The minimum absolute atomic E-state index is 0.0409. The highest BCUT2D eigenvalue weighted by Crippen LogP contribution is 2.15. The van der Waals surface area contributed by atoms with Gasteiger partial charge in [-0.1, -0.05) is 0 Å². The van der Waals surface area contributed by atoms with Crippen LogP contribution in [-0.4, -0.2) is 26.7 Å². The summed E-state index contributed by atoms with van der Waals surface area (Å²) in [5, 5.41) is 14.2. The lowest BCUT2D eigenvalue weighted by Crippen LogP contribution is -2.18. The van der Waals surface area contributed by atoms with Crippen LogP contribution in [-0.2, 0) is 10.0 Å². The van der Waals surface area contributed by atoms with Crippen molar-refractivity contribution in [3.8, 4) is 5.75 Å². The molecule has 120 valence electrons. The fraction of sp³-hybridized carbons (Fsp3) is 0.0714. The average molecular weight is 335 g/mol. The van der Waals surface area contributed by atoms with Crippen LogP contribution in [0.15, 0.2) is 58.5 Å². The summed E-state index contributed by atoms with van der Waals surface area (Å²) in [7, 11) is -2.31. The second-order valence-electron chi connectivity index (χ2n) is 4.38. The monoisotopic (exact) mass is 335 g/mol. The number of benzene rings is 2.